The van der Waals surface area contributed by atoms with Crippen LogP contribution in [0.4, 0.5) is 0 Å². The number of carbonyl (C=O) groups excluding carboxylic acids is 1. The van der Waals surface area contributed by atoms with Crippen LogP contribution in [0.5, 0.6) is 0 Å². The molecule has 1 aliphatic rings. The Kier molecular flexibility index (Phi) is 7.57. The fourth-order valence-corrected chi connectivity index (χ4v) is 2.69. The van der Waals surface area contributed by atoms with Crippen LogP contribution < -0.4 is 0 Å². The summed E-state index contributed by atoms with van der Waals surface area (Å²) in [4.78, 5) is 14.3. The third-order valence-electron chi connectivity index (χ3n) is 4.17. The minimum atomic E-state index is 0.139. The van der Waals surface area contributed by atoms with E-state index in [1.54, 1.807) is 0 Å². The minimum Gasteiger partial charge on any atom is -0.381 e. The molecule has 1 fully saturated rings. The summed E-state index contributed by atoms with van der Waals surface area (Å²) >= 11 is 0. The van der Waals surface area contributed by atoms with Gasteiger partial charge < -0.3 is 9.47 Å². The van der Waals surface area contributed by atoms with Gasteiger partial charge in [0.25, 0.3) is 0 Å². The summed E-state index contributed by atoms with van der Waals surface area (Å²) in [6.07, 6.45) is 1.69. The van der Waals surface area contributed by atoms with Gasteiger partial charge in [-0.05, 0) is 24.9 Å². The van der Waals surface area contributed by atoms with Crippen LogP contribution in [0.25, 0.3) is 0 Å². The first-order valence-corrected chi connectivity index (χ1v) is 8.24. The lowest BCUT2D eigenvalue weighted by atomic mass is 9.96. The lowest BCUT2D eigenvalue weighted by Gasteiger charge is -2.22. The number of nitrogens with zero attached hydrogens (tertiary/aromatic N) is 1. The molecule has 1 aromatic rings. The fraction of sp³-hybridized carbons (Fsp3) is 0.611. The minimum absolute atomic E-state index is 0.139. The molecule has 1 aromatic carbocycles. The van der Waals surface area contributed by atoms with E-state index >= 15 is 0 Å². The van der Waals surface area contributed by atoms with Crippen LogP contribution in [-0.4, -0.2) is 50.2 Å². The van der Waals surface area contributed by atoms with Crippen molar-refractivity contribution in [2.45, 2.75) is 26.3 Å². The molecule has 0 unspecified atom stereocenters. The van der Waals surface area contributed by atoms with Crippen molar-refractivity contribution in [3.05, 3.63) is 35.9 Å². The Hall–Kier alpha value is -1.23. The molecule has 0 radical (unpaired) electrons. The van der Waals surface area contributed by atoms with Gasteiger partial charge in [0, 0.05) is 32.2 Å². The second-order valence-electron chi connectivity index (χ2n) is 5.76. The normalized spacial score (nSPS) is 16.1. The average Bonchev–Trinajstić information content (AvgIpc) is 2.59. The summed E-state index contributed by atoms with van der Waals surface area (Å²) in [7, 11) is 0. The maximum Gasteiger partial charge on any atom is 0.161 e. The van der Waals surface area contributed by atoms with Crippen molar-refractivity contribution in [2.24, 2.45) is 5.92 Å². The summed E-state index contributed by atoms with van der Waals surface area (Å²) < 4.78 is 10.9. The predicted molar refractivity (Wildman–Crippen MR) is 86.8 cm³/mol. The molecule has 0 amide bonds. The van der Waals surface area contributed by atoms with Crippen molar-refractivity contribution >= 4 is 5.78 Å². The van der Waals surface area contributed by atoms with Crippen molar-refractivity contribution in [1.82, 2.24) is 4.90 Å². The van der Waals surface area contributed by atoms with Crippen molar-refractivity contribution in [3.8, 4) is 0 Å². The molecule has 1 saturated heterocycles. The summed E-state index contributed by atoms with van der Waals surface area (Å²) in [6.45, 7) is 7.17. The molecule has 1 heterocycles. The number of benzene rings is 1. The van der Waals surface area contributed by atoms with E-state index < -0.39 is 0 Å². The van der Waals surface area contributed by atoms with Crippen LogP contribution in [0.1, 0.15) is 25.3 Å². The predicted octanol–water partition coefficient (Wildman–Crippen LogP) is 2.52. The van der Waals surface area contributed by atoms with Crippen molar-refractivity contribution in [2.75, 3.05) is 39.5 Å². The molecule has 4 nitrogen and oxygen atoms in total. The van der Waals surface area contributed by atoms with E-state index in [2.05, 4.69) is 36.1 Å². The SMILES string of the molecule is CCN(CCOCC(=O)C1CCOCC1)Cc1ccccc1. The molecule has 1 aliphatic heterocycles. The highest BCUT2D eigenvalue weighted by Crippen LogP contribution is 2.15. The van der Waals surface area contributed by atoms with E-state index in [1.165, 1.54) is 5.56 Å². The molecule has 0 aliphatic carbocycles. The van der Waals surface area contributed by atoms with Crippen LogP contribution >= 0.6 is 0 Å². The summed E-state index contributed by atoms with van der Waals surface area (Å²) in [6, 6.07) is 10.4. The lowest BCUT2D eigenvalue weighted by molar-refractivity contribution is -0.130. The van der Waals surface area contributed by atoms with Gasteiger partial charge in [-0.1, -0.05) is 37.3 Å². The second kappa shape index (κ2) is 9.72. The fourth-order valence-electron chi connectivity index (χ4n) is 2.69. The van der Waals surface area contributed by atoms with Gasteiger partial charge in [0.1, 0.15) is 6.61 Å². The highest BCUT2D eigenvalue weighted by molar-refractivity contribution is 5.82. The zero-order chi connectivity index (χ0) is 15.6. The van der Waals surface area contributed by atoms with Crippen molar-refractivity contribution < 1.29 is 14.3 Å². The van der Waals surface area contributed by atoms with Gasteiger partial charge in [-0.25, -0.2) is 0 Å². The zero-order valence-corrected chi connectivity index (χ0v) is 13.5. The molecule has 0 atom stereocenters. The van der Waals surface area contributed by atoms with Crippen molar-refractivity contribution in [1.29, 1.82) is 0 Å². The highest BCUT2D eigenvalue weighted by atomic mass is 16.5. The van der Waals surface area contributed by atoms with Gasteiger partial charge in [-0.15, -0.1) is 0 Å². The molecule has 0 spiro atoms. The Balaban J connectivity index is 1.63. The van der Waals surface area contributed by atoms with Crippen molar-refractivity contribution in [3.63, 3.8) is 0 Å². The van der Waals surface area contributed by atoms with Crippen LogP contribution in [-0.2, 0) is 20.8 Å². The topological polar surface area (TPSA) is 38.8 Å². The molecule has 22 heavy (non-hydrogen) atoms. The second-order valence-corrected chi connectivity index (χ2v) is 5.76. The van der Waals surface area contributed by atoms with Crippen LogP contribution in [0.3, 0.4) is 0 Å². The molecular formula is C18H27NO3. The Morgan fingerprint density at radius 2 is 2.00 bits per heavy atom. The summed E-state index contributed by atoms with van der Waals surface area (Å²) in [5, 5.41) is 0. The molecule has 0 bridgehead atoms. The van der Waals surface area contributed by atoms with Gasteiger partial charge in [-0.3, -0.25) is 9.69 Å². The highest BCUT2D eigenvalue weighted by Gasteiger charge is 2.21. The Labute approximate surface area is 133 Å². The molecule has 0 aromatic heterocycles. The number of hydrogen-bond donors (Lipinski definition) is 0. The standard InChI is InChI=1S/C18H27NO3/c1-2-19(14-16-6-4-3-5-7-16)10-13-22-15-18(20)17-8-11-21-12-9-17/h3-7,17H,2,8-15H2,1H3. The van der Waals surface area contributed by atoms with E-state index in [0.717, 1.165) is 32.5 Å². The van der Waals surface area contributed by atoms with Crippen LogP contribution in [0.2, 0.25) is 0 Å². The maximum atomic E-state index is 12.0. The molecule has 4 heteroatoms. The quantitative estimate of drug-likeness (QED) is 0.657. The smallest absolute Gasteiger partial charge is 0.161 e. The Bertz CT molecular complexity index is 429. The number of ether oxygens (including phenoxy) is 2. The molecule has 0 N–H and O–H groups in total. The van der Waals surface area contributed by atoms with E-state index in [9.17, 15) is 4.79 Å². The van der Waals surface area contributed by atoms with Gasteiger partial charge in [-0.2, -0.15) is 0 Å². The van der Waals surface area contributed by atoms with E-state index in [1.807, 2.05) is 6.07 Å². The first-order valence-electron chi connectivity index (χ1n) is 8.24. The molecule has 2 rings (SSSR count). The Morgan fingerprint density at radius 3 is 2.68 bits per heavy atom. The number of ketones is 1. The van der Waals surface area contributed by atoms with E-state index in [-0.39, 0.29) is 18.3 Å². The number of hydrogen-bond acceptors (Lipinski definition) is 4. The lowest BCUT2D eigenvalue weighted by Crippen LogP contribution is -2.30. The summed E-state index contributed by atoms with van der Waals surface area (Å²) in [5.74, 6) is 0.370. The van der Waals surface area contributed by atoms with Gasteiger partial charge in [0.05, 0.1) is 6.61 Å². The number of carbonyl (C=O) groups is 1. The number of rotatable bonds is 9. The van der Waals surface area contributed by atoms with Gasteiger partial charge >= 0.3 is 0 Å². The van der Waals surface area contributed by atoms with Crippen LogP contribution in [0.15, 0.2) is 30.3 Å². The zero-order valence-electron chi connectivity index (χ0n) is 13.5. The maximum absolute atomic E-state index is 12.0. The van der Waals surface area contributed by atoms with Crippen LogP contribution in [0, 0.1) is 5.92 Å². The van der Waals surface area contributed by atoms with E-state index in [4.69, 9.17) is 9.47 Å². The molecular weight excluding hydrogens is 278 g/mol. The average molecular weight is 305 g/mol. The van der Waals surface area contributed by atoms with E-state index in [0.29, 0.717) is 19.8 Å². The molecule has 0 saturated carbocycles. The third-order valence-corrected chi connectivity index (χ3v) is 4.17. The number of Topliss-reactive ketones (excluding diaryl/α,β-unsaturated/α-hetero) is 1. The third kappa shape index (κ3) is 5.87. The van der Waals surface area contributed by atoms with Gasteiger partial charge in [0.2, 0.25) is 0 Å². The Morgan fingerprint density at radius 1 is 1.27 bits per heavy atom. The summed E-state index contributed by atoms with van der Waals surface area (Å²) in [5.41, 5.74) is 1.31. The number of likely N-dealkylation sites (N-methyl/N-ethyl adjacent to an activating group) is 1. The molecule has 122 valence electrons. The first-order chi connectivity index (χ1) is 10.8. The largest absolute Gasteiger partial charge is 0.381 e. The van der Waals surface area contributed by atoms with Gasteiger partial charge in [0.15, 0.2) is 5.78 Å². The first kappa shape index (κ1) is 17.1. The monoisotopic (exact) mass is 305 g/mol.